The van der Waals surface area contributed by atoms with Crippen molar-refractivity contribution in [1.29, 1.82) is 0 Å². The lowest BCUT2D eigenvalue weighted by Crippen LogP contribution is -2.42. The number of sulfonamides is 1. The first-order valence-electron chi connectivity index (χ1n) is 11.1. The van der Waals surface area contributed by atoms with Gasteiger partial charge in [0.15, 0.2) is 0 Å². The minimum absolute atomic E-state index is 0.216. The zero-order valence-electron chi connectivity index (χ0n) is 20.3. The summed E-state index contributed by atoms with van der Waals surface area (Å²) in [6.07, 6.45) is 0. The van der Waals surface area contributed by atoms with E-state index in [4.69, 9.17) is 17.3 Å². The first-order valence-corrected chi connectivity index (χ1v) is 12.9. The molecule has 1 unspecified atom stereocenters. The van der Waals surface area contributed by atoms with Crippen LogP contribution in [0.2, 0.25) is 5.02 Å². The molecule has 196 valence electrons. The molecule has 0 saturated heterocycles. The van der Waals surface area contributed by atoms with E-state index in [0.717, 1.165) is 16.4 Å². The molecule has 0 heterocycles. The van der Waals surface area contributed by atoms with Crippen molar-refractivity contribution >= 4 is 33.4 Å². The number of rotatable bonds is 8. The van der Waals surface area contributed by atoms with Crippen LogP contribution in [-0.2, 0) is 21.4 Å². The van der Waals surface area contributed by atoms with Gasteiger partial charge in [-0.25, -0.2) is 17.2 Å². The molecule has 0 radical (unpaired) electrons. The number of halogens is 3. The summed E-state index contributed by atoms with van der Waals surface area (Å²) in [5.41, 5.74) is 5.42. The van der Waals surface area contributed by atoms with E-state index in [1.807, 2.05) is 20.8 Å². The Balaban J connectivity index is 2.08. The fraction of sp³-hybridized carbons (Fsp3) is 0.231. The standard InChI is InChI=1S/C26H26ClF2N3O4S/c1-26(2,3)31-25(34)17-6-4-16(5-7-17)15-32(37(35,36)20-11-8-18(27)9-12-20)23(24(30)33)21-13-10-19(28)14-22(21)29/h4-14,23H,15H2,1-3H3,(H2,30,33)(H,31,34). The molecular formula is C26H26ClF2N3O4S. The number of carbonyl (C=O) groups excluding carboxylic acids is 2. The summed E-state index contributed by atoms with van der Waals surface area (Å²) in [4.78, 5) is 24.8. The van der Waals surface area contributed by atoms with Crippen LogP contribution in [0.4, 0.5) is 8.78 Å². The van der Waals surface area contributed by atoms with E-state index >= 15 is 0 Å². The summed E-state index contributed by atoms with van der Waals surface area (Å²) in [6, 6.07) is 11.8. The third-order valence-corrected chi connectivity index (χ3v) is 7.36. The lowest BCUT2D eigenvalue weighted by atomic mass is 10.0. The number of nitrogens with one attached hydrogen (secondary N) is 1. The van der Waals surface area contributed by atoms with Crippen molar-refractivity contribution in [1.82, 2.24) is 9.62 Å². The molecule has 3 aromatic rings. The monoisotopic (exact) mass is 549 g/mol. The fourth-order valence-corrected chi connectivity index (χ4v) is 5.28. The molecule has 0 aliphatic carbocycles. The van der Waals surface area contributed by atoms with Gasteiger partial charge in [0.1, 0.15) is 17.7 Å². The summed E-state index contributed by atoms with van der Waals surface area (Å²) >= 11 is 5.90. The van der Waals surface area contributed by atoms with Gasteiger partial charge < -0.3 is 11.1 Å². The lowest BCUT2D eigenvalue weighted by Gasteiger charge is -2.29. The van der Waals surface area contributed by atoms with Crippen molar-refractivity contribution in [3.8, 4) is 0 Å². The van der Waals surface area contributed by atoms with Gasteiger partial charge in [-0.15, -0.1) is 0 Å². The van der Waals surface area contributed by atoms with Crippen LogP contribution in [0.3, 0.4) is 0 Å². The predicted molar refractivity (Wildman–Crippen MR) is 136 cm³/mol. The lowest BCUT2D eigenvalue weighted by molar-refractivity contribution is -0.122. The van der Waals surface area contributed by atoms with E-state index in [-0.39, 0.29) is 15.8 Å². The number of carbonyl (C=O) groups is 2. The molecule has 0 aromatic heterocycles. The Hall–Kier alpha value is -3.34. The molecule has 0 spiro atoms. The molecule has 37 heavy (non-hydrogen) atoms. The highest BCUT2D eigenvalue weighted by molar-refractivity contribution is 7.89. The van der Waals surface area contributed by atoms with Crippen LogP contribution >= 0.6 is 11.6 Å². The Morgan fingerprint density at radius 1 is 1.00 bits per heavy atom. The van der Waals surface area contributed by atoms with Gasteiger partial charge in [0.2, 0.25) is 15.9 Å². The third-order valence-electron chi connectivity index (χ3n) is 5.28. The van der Waals surface area contributed by atoms with Crippen molar-refractivity contribution in [2.24, 2.45) is 5.73 Å². The van der Waals surface area contributed by atoms with Crippen LogP contribution in [0.5, 0.6) is 0 Å². The fourth-order valence-electron chi connectivity index (χ4n) is 3.58. The second kappa shape index (κ2) is 11.0. The molecule has 0 saturated carbocycles. The van der Waals surface area contributed by atoms with E-state index in [1.165, 1.54) is 48.5 Å². The molecule has 7 nitrogen and oxygen atoms in total. The van der Waals surface area contributed by atoms with Gasteiger partial charge in [-0.05, 0) is 68.8 Å². The topological polar surface area (TPSA) is 110 Å². The van der Waals surface area contributed by atoms with Gasteiger partial charge in [0.05, 0.1) is 4.90 Å². The van der Waals surface area contributed by atoms with Gasteiger partial charge in [-0.2, -0.15) is 4.31 Å². The Kier molecular flexibility index (Phi) is 8.36. The zero-order valence-corrected chi connectivity index (χ0v) is 21.9. The Bertz CT molecular complexity index is 1410. The van der Waals surface area contributed by atoms with Crippen molar-refractivity contribution < 1.29 is 26.8 Å². The minimum Gasteiger partial charge on any atom is -0.368 e. The average molecular weight is 550 g/mol. The minimum atomic E-state index is -4.45. The van der Waals surface area contributed by atoms with Crippen LogP contribution in [0, 0.1) is 11.6 Å². The van der Waals surface area contributed by atoms with Gasteiger partial charge in [0.25, 0.3) is 5.91 Å². The maximum absolute atomic E-state index is 14.7. The number of nitrogens with two attached hydrogens (primary N) is 1. The van der Waals surface area contributed by atoms with Gasteiger partial charge >= 0.3 is 0 Å². The van der Waals surface area contributed by atoms with E-state index in [0.29, 0.717) is 17.2 Å². The molecule has 0 aliphatic rings. The smallest absolute Gasteiger partial charge is 0.251 e. The quantitative estimate of drug-likeness (QED) is 0.429. The molecular weight excluding hydrogens is 524 g/mol. The van der Waals surface area contributed by atoms with E-state index in [2.05, 4.69) is 5.32 Å². The largest absolute Gasteiger partial charge is 0.368 e. The highest BCUT2D eigenvalue weighted by Gasteiger charge is 2.37. The number of primary amides is 1. The molecule has 0 aliphatic heterocycles. The van der Waals surface area contributed by atoms with E-state index in [9.17, 15) is 26.8 Å². The number of nitrogens with zero attached hydrogens (tertiary/aromatic N) is 1. The second-order valence-corrected chi connectivity index (χ2v) is 11.7. The normalized spacial score (nSPS) is 12.8. The summed E-state index contributed by atoms with van der Waals surface area (Å²) in [5.74, 6) is -3.52. The van der Waals surface area contributed by atoms with E-state index in [1.54, 1.807) is 0 Å². The molecule has 2 amide bonds. The second-order valence-electron chi connectivity index (χ2n) is 9.38. The summed E-state index contributed by atoms with van der Waals surface area (Å²) in [5, 5.41) is 3.10. The molecule has 3 rings (SSSR count). The van der Waals surface area contributed by atoms with Crippen LogP contribution in [0.25, 0.3) is 0 Å². The zero-order chi connectivity index (χ0) is 27.5. The average Bonchev–Trinajstić information content (AvgIpc) is 2.79. The van der Waals surface area contributed by atoms with Crippen molar-refractivity contribution in [3.05, 3.63) is 100 Å². The van der Waals surface area contributed by atoms with Gasteiger partial charge in [-0.1, -0.05) is 29.8 Å². The Labute approximate surface area is 219 Å². The summed E-state index contributed by atoms with van der Waals surface area (Å²) in [6.45, 7) is 5.09. The van der Waals surface area contributed by atoms with Crippen molar-refractivity contribution in [3.63, 3.8) is 0 Å². The first kappa shape index (κ1) is 28.2. The van der Waals surface area contributed by atoms with Gasteiger partial charge in [-0.3, -0.25) is 9.59 Å². The predicted octanol–water partition coefficient (Wildman–Crippen LogP) is 4.56. The number of hydrogen-bond acceptors (Lipinski definition) is 4. The van der Waals surface area contributed by atoms with E-state index < -0.39 is 51.3 Å². The van der Waals surface area contributed by atoms with Crippen molar-refractivity contribution in [2.45, 2.75) is 43.8 Å². The third kappa shape index (κ3) is 6.91. The summed E-state index contributed by atoms with van der Waals surface area (Å²) < 4.78 is 56.4. The molecule has 3 N–H and O–H groups in total. The highest BCUT2D eigenvalue weighted by Crippen LogP contribution is 2.32. The SMILES string of the molecule is CC(C)(C)NC(=O)c1ccc(CN(C(C(N)=O)c2ccc(F)cc2F)S(=O)(=O)c2ccc(Cl)cc2)cc1. The van der Waals surface area contributed by atoms with Crippen LogP contribution in [-0.4, -0.2) is 30.1 Å². The number of benzene rings is 3. The maximum atomic E-state index is 14.7. The Morgan fingerprint density at radius 3 is 2.11 bits per heavy atom. The molecule has 11 heteroatoms. The number of hydrogen-bond donors (Lipinski definition) is 2. The molecule has 0 fully saturated rings. The maximum Gasteiger partial charge on any atom is 0.251 e. The first-order chi connectivity index (χ1) is 17.2. The highest BCUT2D eigenvalue weighted by atomic mass is 35.5. The van der Waals surface area contributed by atoms with Crippen LogP contribution < -0.4 is 11.1 Å². The van der Waals surface area contributed by atoms with Crippen LogP contribution in [0.15, 0.2) is 71.6 Å². The molecule has 0 bridgehead atoms. The van der Waals surface area contributed by atoms with Crippen LogP contribution in [0.1, 0.15) is 48.3 Å². The number of amides is 2. The molecule has 1 atom stereocenters. The van der Waals surface area contributed by atoms with Gasteiger partial charge in [0, 0.05) is 34.3 Å². The Morgan fingerprint density at radius 2 is 1.59 bits per heavy atom. The van der Waals surface area contributed by atoms with Crippen molar-refractivity contribution in [2.75, 3.05) is 0 Å². The molecule has 3 aromatic carbocycles. The summed E-state index contributed by atoms with van der Waals surface area (Å²) in [7, 11) is -4.45.